The summed E-state index contributed by atoms with van der Waals surface area (Å²) in [6.07, 6.45) is -1.20. The Balaban J connectivity index is 2.56. The molecule has 0 bridgehead atoms. The number of aromatic nitrogens is 3. The molecule has 1 aromatic heterocycles. The van der Waals surface area contributed by atoms with Crippen LogP contribution >= 0.6 is 0 Å². The van der Waals surface area contributed by atoms with Crippen LogP contribution in [-0.2, 0) is 13.2 Å². The third kappa shape index (κ3) is 2.89. The van der Waals surface area contributed by atoms with Gasteiger partial charge in [-0.25, -0.2) is 17.9 Å². The van der Waals surface area contributed by atoms with Gasteiger partial charge in [0.1, 0.15) is 5.69 Å². The fourth-order valence-corrected chi connectivity index (χ4v) is 1.84. The van der Waals surface area contributed by atoms with Gasteiger partial charge in [-0.3, -0.25) is 0 Å². The minimum absolute atomic E-state index is 0.0648. The average molecular weight is 303 g/mol. The van der Waals surface area contributed by atoms with Crippen LogP contribution in [0.3, 0.4) is 0 Å². The van der Waals surface area contributed by atoms with Gasteiger partial charge in [0.05, 0.1) is 31.6 Å². The van der Waals surface area contributed by atoms with Crippen LogP contribution in [0.1, 0.15) is 5.69 Å². The van der Waals surface area contributed by atoms with Crippen molar-refractivity contribution in [2.24, 2.45) is 0 Å². The molecular weight excluding hydrogens is 291 g/mol. The van der Waals surface area contributed by atoms with E-state index in [1.807, 2.05) is 0 Å². The smallest absolute Gasteiger partial charge is 0.195 e. The minimum atomic E-state index is -1.66. The van der Waals surface area contributed by atoms with Crippen LogP contribution in [0.5, 0.6) is 0 Å². The summed E-state index contributed by atoms with van der Waals surface area (Å²) < 4.78 is 41.2. The van der Waals surface area contributed by atoms with Crippen molar-refractivity contribution in [2.45, 2.75) is 19.3 Å². The molecule has 0 saturated carbocycles. The van der Waals surface area contributed by atoms with Crippen molar-refractivity contribution in [3.05, 3.63) is 35.3 Å². The fourth-order valence-electron chi connectivity index (χ4n) is 1.84. The highest BCUT2D eigenvalue weighted by atomic mass is 19.2. The second-order valence-corrected chi connectivity index (χ2v) is 4.28. The molecule has 0 aliphatic rings. The van der Waals surface area contributed by atoms with E-state index >= 15 is 0 Å². The summed E-state index contributed by atoms with van der Waals surface area (Å²) in [6, 6.07) is 1.71. The highest BCUT2D eigenvalue weighted by Gasteiger charge is 2.22. The number of nitrogens with zero attached hydrogens (tertiary/aromatic N) is 3. The molecule has 21 heavy (non-hydrogen) atoms. The summed E-state index contributed by atoms with van der Waals surface area (Å²) >= 11 is 0. The van der Waals surface area contributed by atoms with Crippen LogP contribution in [-0.4, -0.2) is 43.0 Å². The molecule has 2 aromatic rings. The van der Waals surface area contributed by atoms with Crippen molar-refractivity contribution in [2.75, 3.05) is 6.61 Å². The molecule has 0 amide bonds. The summed E-state index contributed by atoms with van der Waals surface area (Å²) in [7, 11) is 0. The van der Waals surface area contributed by atoms with E-state index in [2.05, 4.69) is 10.3 Å². The second kappa shape index (κ2) is 6.20. The standard InChI is InChI=1S/C12H12F3N3O3/c13-8-2-1-7(10(14)11(8)15)12-9(5-20)16-17-18(12)3-6(21)4-19/h1-2,6,19-21H,3-5H2. The second-order valence-electron chi connectivity index (χ2n) is 4.28. The first kappa shape index (κ1) is 15.4. The topological polar surface area (TPSA) is 91.4 Å². The van der Waals surface area contributed by atoms with E-state index in [1.165, 1.54) is 0 Å². The quantitative estimate of drug-likeness (QED) is 0.687. The van der Waals surface area contributed by atoms with Crippen molar-refractivity contribution in [3.63, 3.8) is 0 Å². The predicted molar refractivity (Wildman–Crippen MR) is 64.3 cm³/mol. The molecule has 0 aliphatic carbocycles. The maximum Gasteiger partial charge on any atom is 0.195 e. The largest absolute Gasteiger partial charge is 0.394 e. The Labute approximate surface area is 117 Å². The van der Waals surface area contributed by atoms with Gasteiger partial charge in [0.25, 0.3) is 0 Å². The molecule has 0 saturated heterocycles. The van der Waals surface area contributed by atoms with E-state index in [0.717, 1.165) is 16.8 Å². The minimum Gasteiger partial charge on any atom is -0.394 e. The van der Waals surface area contributed by atoms with Crippen LogP contribution in [0, 0.1) is 17.5 Å². The van der Waals surface area contributed by atoms with Gasteiger partial charge in [0, 0.05) is 5.56 Å². The molecular formula is C12H12F3N3O3. The summed E-state index contributed by atoms with van der Waals surface area (Å²) in [5.41, 5.74) is -0.514. The van der Waals surface area contributed by atoms with Gasteiger partial charge < -0.3 is 15.3 Å². The molecule has 6 nitrogen and oxygen atoms in total. The Bertz CT molecular complexity index is 648. The lowest BCUT2D eigenvalue weighted by Crippen LogP contribution is -2.21. The Morgan fingerprint density at radius 2 is 1.86 bits per heavy atom. The van der Waals surface area contributed by atoms with Gasteiger partial charge in [-0.15, -0.1) is 5.10 Å². The molecule has 1 atom stereocenters. The summed E-state index contributed by atoms with van der Waals surface area (Å²) in [5.74, 6) is -4.46. The SMILES string of the molecule is OCc1nnn(CC(O)CO)c1-c1ccc(F)c(F)c1F. The van der Waals surface area contributed by atoms with Crippen LogP contribution in [0.4, 0.5) is 13.2 Å². The Kier molecular flexibility index (Phi) is 4.56. The lowest BCUT2D eigenvalue weighted by molar-refractivity contribution is 0.0782. The number of halogens is 3. The molecule has 0 fully saturated rings. The number of rotatable bonds is 5. The van der Waals surface area contributed by atoms with Crippen LogP contribution in [0.15, 0.2) is 12.1 Å². The maximum absolute atomic E-state index is 13.9. The van der Waals surface area contributed by atoms with E-state index in [4.69, 9.17) is 5.11 Å². The van der Waals surface area contributed by atoms with E-state index in [1.54, 1.807) is 0 Å². The Hall–Kier alpha value is -1.97. The van der Waals surface area contributed by atoms with Crippen molar-refractivity contribution in [1.82, 2.24) is 15.0 Å². The zero-order valence-electron chi connectivity index (χ0n) is 10.7. The van der Waals surface area contributed by atoms with E-state index in [9.17, 15) is 23.4 Å². The third-order valence-corrected chi connectivity index (χ3v) is 2.84. The number of benzene rings is 1. The highest BCUT2D eigenvalue weighted by molar-refractivity contribution is 5.62. The number of hydrogen-bond donors (Lipinski definition) is 3. The summed E-state index contributed by atoms with van der Waals surface area (Å²) in [6.45, 7) is -1.44. The van der Waals surface area contributed by atoms with E-state index < -0.39 is 36.8 Å². The third-order valence-electron chi connectivity index (χ3n) is 2.84. The van der Waals surface area contributed by atoms with Crippen molar-refractivity contribution in [3.8, 4) is 11.3 Å². The molecule has 3 N–H and O–H groups in total. The molecule has 1 aromatic carbocycles. The number of aliphatic hydroxyl groups excluding tert-OH is 3. The van der Waals surface area contributed by atoms with Crippen molar-refractivity contribution < 1.29 is 28.5 Å². The monoisotopic (exact) mass is 303 g/mol. The van der Waals surface area contributed by atoms with Crippen LogP contribution in [0.2, 0.25) is 0 Å². The zero-order valence-corrected chi connectivity index (χ0v) is 10.7. The van der Waals surface area contributed by atoms with E-state index in [0.29, 0.717) is 0 Å². The Morgan fingerprint density at radius 3 is 2.48 bits per heavy atom. The molecule has 9 heteroatoms. The van der Waals surface area contributed by atoms with E-state index in [-0.39, 0.29) is 23.5 Å². The zero-order chi connectivity index (χ0) is 15.6. The maximum atomic E-state index is 13.9. The molecule has 2 rings (SSSR count). The predicted octanol–water partition coefficient (Wildman–Crippen LogP) is 0.208. The molecule has 0 radical (unpaired) electrons. The number of aliphatic hydroxyl groups is 3. The lowest BCUT2D eigenvalue weighted by Gasteiger charge is -2.12. The fraction of sp³-hybridized carbons (Fsp3) is 0.333. The molecule has 0 spiro atoms. The summed E-state index contributed by atoms with van der Waals surface area (Å²) in [5, 5.41) is 34.6. The first-order valence-electron chi connectivity index (χ1n) is 5.95. The van der Waals surface area contributed by atoms with Gasteiger partial charge in [-0.2, -0.15) is 0 Å². The van der Waals surface area contributed by atoms with Crippen molar-refractivity contribution in [1.29, 1.82) is 0 Å². The van der Waals surface area contributed by atoms with Gasteiger partial charge >= 0.3 is 0 Å². The van der Waals surface area contributed by atoms with Gasteiger partial charge in [0.2, 0.25) is 0 Å². The highest BCUT2D eigenvalue weighted by Crippen LogP contribution is 2.28. The molecule has 0 aliphatic heterocycles. The first-order chi connectivity index (χ1) is 9.99. The lowest BCUT2D eigenvalue weighted by atomic mass is 10.1. The first-order valence-corrected chi connectivity index (χ1v) is 5.95. The molecule has 1 unspecified atom stereocenters. The van der Waals surface area contributed by atoms with Gasteiger partial charge in [-0.05, 0) is 12.1 Å². The van der Waals surface area contributed by atoms with Crippen LogP contribution < -0.4 is 0 Å². The molecule has 114 valence electrons. The van der Waals surface area contributed by atoms with Crippen molar-refractivity contribution >= 4 is 0 Å². The normalized spacial score (nSPS) is 12.7. The molecule has 1 heterocycles. The van der Waals surface area contributed by atoms with Gasteiger partial charge in [0.15, 0.2) is 17.5 Å². The van der Waals surface area contributed by atoms with Gasteiger partial charge in [-0.1, -0.05) is 5.21 Å². The number of hydrogen-bond acceptors (Lipinski definition) is 5. The average Bonchev–Trinajstić information content (AvgIpc) is 2.87. The summed E-state index contributed by atoms with van der Waals surface area (Å²) in [4.78, 5) is 0. The Morgan fingerprint density at radius 1 is 1.14 bits per heavy atom. The van der Waals surface area contributed by atoms with Crippen LogP contribution in [0.25, 0.3) is 11.3 Å².